The number of benzene rings is 1. The quantitative estimate of drug-likeness (QED) is 0.674. The van der Waals surface area contributed by atoms with Crippen LogP contribution in [0.15, 0.2) is 41.0 Å². The molecular formula is C13H9BrClN3. The van der Waals surface area contributed by atoms with Crippen molar-refractivity contribution in [3.05, 3.63) is 51.7 Å². The average Bonchev–Trinajstić information content (AvgIpc) is 2.74. The van der Waals surface area contributed by atoms with Gasteiger partial charge in [0.05, 0.1) is 16.4 Å². The SMILES string of the molecule is Cc1ccc(-c2cn3nc(Cl)cc(Br)c3n2)cc1. The Labute approximate surface area is 118 Å². The molecule has 3 rings (SSSR count). The summed E-state index contributed by atoms with van der Waals surface area (Å²) in [5.74, 6) is 0. The van der Waals surface area contributed by atoms with Crippen LogP contribution in [-0.4, -0.2) is 14.6 Å². The summed E-state index contributed by atoms with van der Waals surface area (Å²) in [6, 6.07) is 9.96. The predicted octanol–water partition coefficient (Wildman–Crippen LogP) is 4.12. The van der Waals surface area contributed by atoms with Gasteiger partial charge in [0.2, 0.25) is 0 Å². The zero-order valence-electron chi connectivity index (χ0n) is 9.56. The van der Waals surface area contributed by atoms with Gasteiger partial charge >= 0.3 is 0 Å². The highest BCUT2D eigenvalue weighted by atomic mass is 79.9. The Kier molecular flexibility index (Phi) is 2.84. The Bertz CT molecular complexity index is 719. The van der Waals surface area contributed by atoms with E-state index in [-0.39, 0.29) is 0 Å². The van der Waals surface area contributed by atoms with Crippen LogP contribution in [-0.2, 0) is 0 Å². The molecule has 0 unspecified atom stereocenters. The summed E-state index contributed by atoms with van der Waals surface area (Å²) in [7, 11) is 0. The number of imidazole rings is 1. The molecular weight excluding hydrogens is 314 g/mol. The van der Waals surface area contributed by atoms with Crippen LogP contribution in [0, 0.1) is 6.92 Å². The summed E-state index contributed by atoms with van der Waals surface area (Å²) in [4.78, 5) is 4.55. The van der Waals surface area contributed by atoms with Gasteiger partial charge in [-0.15, -0.1) is 0 Å². The Balaban J connectivity index is 2.19. The molecule has 0 bridgehead atoms. The first-order valence-corrected chi connectivity index (χ1v) is 6.59. The minimum atomic E-state index is 0.433. The molecule has 3 nitrogen and oxygen atoms in total. The van der Waals surface area contributed by atoms with Crippen molar-refractivity contribution in [3.63, 3.8) is 0 Å². The Morgan fingerprint density at radius 1 is 1.22 bits per heavy atom. The third kappa shape index (κ3) is 2.02. The highest BCUT2D eigenvalue weighted by Gasteiger charge is 2.08. The van der Waals surface area contributed by atoms with Crippen LogP contribution in [0.3, 0.4) is 0 Å². The van der Waals surface area contributed by atoms with E-state index in [4.69, 9.17) is 11.6 Å². The molecule has 3 aromatic rings. The molecule has 0 saturated carbocycles. The van der Waals surface area contributed by atoms with Crippen LogP contribution in [0.1, 0.15) is 5.56 Å². The third-order valence-corrected chi connectivity index (χ3v) is 3.47. The van der Waals surface area contributed by atoms with Gasteiger partial charge in [-0.1, -0.05) is 41.4 Å². The lowest BCUT2D eigenvalue weighted by atomic mass is 10.1. The van der Waals surface area contributed by atoms with Crippen molar-refractivity contribution >= 4 is 33.2 Å². The highest BCUT2D eigenvalue weighted by molar-refractivity contribution is 9.10. The number of aromatic nitrogens is 3. The van der Waals surface area contributed by atoms with Gasteiger partial charge in [-0.3, -0.25) is 0 Å². The molecule has 0 aliphatic heterocycles. The van der Waals surface area contributed by atoms with E-state index >= 15 is 0 Å². The fourth-order valence-corrected chi connectivity index (χ4v) is 2.58. The first-order valence-electron chi connectivity index (χ1n) is 5.42. The molecule has 0 saturated heterocycles. The van der Waals surface area contributed by atoms with Crippen LogP contribution >= 0.6 is 27.5 Å². The number of aryl methyl sites for hydroxylation is 1. The minimum Gasteiger partial charge on any atom is -0.226 e. The van der Waals surface area contributed by atoms with Gasteiger partial charge in [-0.25, -0.2) is 9.50 Å². The van der Waals surface area contributed by atoms with Crippen molar-refractivity contribution < 1.29 is 0 Å². The third-order valence-electron chi connectivity index (χ3n) is 2.70. The maximum absolute atomic E-state index is 5.91. The average molecular weight is 323 g/mol. The zero-order valence-corrected chi connectivity index (χ0v) is 11.9. The first-order chi connectivity index (χ1) is 8.63. The molecule has 0 N–H and O–H groups in total. The summed E-state index contributed by atoms with van der Waals surface area (Å²) in [5, 5.41) is 4.62. The van der Waals surface area contributed by atoms with E-state index in [1.54, 1.807) is 10.6 Å². The van der Waals surface area contributed by atoms with Gasteiger partial charge < -0.3 is 0 Å². The number of nitrogens with zero attached hydrogens (tertiary/aromatic N) is 3. The maximum atomic E-state index is 5.91. The lowest BCUT2D eigenvalue weighted by molar-refractivity contribution is 0.932. The van der Waals surface area contributed by atoms with Crippen LogP contribution in [0.5, 0.6) is 0 Å². The molecule has 1 aromatic carbocycles. The van der Waals surface area contributed by atoms with Crippen molar-refractivity contribution in [1.29, 1.82) is 0 Å². The lowest BCUT2D eigenvalue weighted by Gasteiger charge is -1.95. The van der Waals surface area contributed by atoms with Crippen molar-refractivity contribution in [1.82, 2.24) is 14.6 Å². The molecule has 18 heavy (non-hydrogen) atoms. The molecule has 0 aliphatic rings. The van der Waals surface area contributed by atoms with Gasteiger partial charge in [-0.05, 0) is 28.9 Å². The second-order valence-electron chi connectivity index (χ2n) is 4.08. The Morgan fingerprint density at radius 3 is 2.67 bits per heavy atom. The predicted molar refractivity (Wildman–Crippen MR) is 75.9 cm³/mol. The molecule has 90 valence electrons. The van der Waals surface area contributed by atoms with Crippen LogP contribution in [0.4, 0.5) is 0 Å². The topological polar surface area (TPSA) is 30.2 Å². The number of hydrogen-bond donors (Lipinski definition) is 0. The van der Waals surface area contributed by atoms with Crippen LogP contribution in [0.2, 0.25) is 5.15 Å². The Morgan fingerprint density at radius 2 is 1.94 bits per heavy atom. The summed E-state index contributed by atoms with van der Waals surface area (Å²) >= 11 is 9.35. The normalized spacial score (nSPS) is 11.1. The van der Waals surface area contributed by atoms with Crippen molar-refractivity contribution in [2.75, 3.05) is 0 Å². The van der Waals surface area contributed by atoms with E-state index in [0.717, 1.165) is 21.4 Å². The standard InChI is InChI=1S/C13H9BrClN3/c1-8-2-4-9(5-3-8)11-7-18-13(16-11)10(14)6-12(15)17-18/h2-7H,1H3. The number of hydrogen-bond acceptors (Lipinski definition) is 2. The second kappa shape index (κ2) is 4.37. The lowest BCUT2D eigenvalue weighted by Crippen LogP contribution is -1.90. The summed E-state index contributed by atoms with van der Waals surface area (Å²) in [5.41, 5.74) is 3.93. The van der Waals surface area contributed by atoms with Crippen molar-refractivity contribution in [2.45, 2.75) is 6.92 Å². The number of halogens is 2. The largest absolute Gasteiger partial charge is 0.226 e. The number of fused-ring (bicyclic) bond motifs is 1. The molecule has 2 heterocycles. The number of rotatable bonds is 1. The molecule has 0 spiro atoms. The maximum Gasteiger partial charge on any atom is 0.168 e. The van der Waals surface area contributed by atoms with Gasteiger partial charge in [0.15, 0.2) is 10.8 Å². The molecule has 5 heteroatoms. The molecule has 0 aliphatic carbocycles. The van der Waals surface area contributed by atoms with E-state index in [1.807, 2.05) is 18.3 Å². The fraction of sp³-hybridized carbons (Fsp3) is 0.0769. The molecule has 0 amide bonds. The van der Waals surface area contributed by atoms with E-state index in [1.165, 1.54) is 5.56 Å². The van der Waals surface area contributed by atoms with Crippen LogP contribution < -0.4 is 0 Å². The summed E-state index contributed by atoms with van der Waals surface area (Å²) < 4.78 is 2.52. The summed E-state index contributed by atoms with van der Waals surface area (Å²) in [6.45, 7) is 2.06. The van der Waals surface area contributed by atoms with E-state index in [0.29, 0.717) is 5.15 Å². The van der Waals surface area contributed by atoms with Gasteiger partial charge in [0, 0.05) is 5.56 Å². The second-order valence-corrected chi connectivity index (χ2v) is 5.32. The van der Waals surface area contributed by atoms with Crippen LogP contribution in [0.25, 0.3) is 16.9 Å². The van der Waals surface area contributed by atoms with E-state index in [9.17, 15) is 0 Å². The van der Waals surface area contributed by atoms with Crippen molar-refractivity contribution in [3.8, 4) is 11.3 Å². The Hall–Kier alpha value is -1.39. The van der Waals surface area contributed by atoms with Gasteiger partial charge in [-0.2, -0.15) is 5.10 Å². The van der Waals surface area contributed by atoms with Crippen molar-refractivity contribution in [2.24, 2.45) is 0 Å². The minimum absolute atomic E-state index is 0.433. The zero-order chi connectivity index (χ0) is 12.7. The first kappa shape index (κ1) is 11.7. The van der Waals surface area contributed by atoms with Gasteiger partial charge in [0.1, 0.15) is 0 Å². The summed E-state index contributed by atoms with van der Waals surface area (Å²) in [6.07, 6.45) is 1.87. The van der Waals surface area contributed by atoms with Gasteiger partial charge in [0.25, 0.3) is 0 Å². The molecule has 0 radical (unpaired) electrons. The van der Waals surface area contributed by atoms with E-state index in [2.05, 4.69) is 45.1 Å². The molecule has 2 aromatic heterocycles. The molecule has 0 fully saturated rings. The molecule has 0 atom stereocenters. The monoisotopic (exact) mass is 321 g/mol. The highest BCUT2D eigenvalue weighted by Crippen LogP contribution is 2.24. The van der Waals surface area contributed by atoms with E-state index < -0.39 is 0 Å². The smallest absolute Gasteiger partial charge is 0.168 e. The fourth-order valence-electron chi connectivity index (χ4n) is 1.77.